The number of Topliss-reactive ketones (excluding diaryl/α,β-unsaturated/α-hetero) is 1. The molecule has 0 saturated carbocycles. The summed E-state index contributed by atoms with van der Waals surface area (Å²) in [6.07, 6.45) is -3.24. The van der Waals surface area contributed by atoms with Crippen LogP contribution in [-0.2, 0) is 19.2 Å². The first kappa shape index (κ1) is 18.7. The van der Waals surface area contributed by atoms with Gasteiger partial charge in [-0.15, -0.1) is 11.3 Å². The molecule has 2 nitrogen and oxygen atoms in total. The lowest BCUT2D eigenvalue weighted by molar-refractivity contribution is -0.133. The molecule has 0 unspecified atom stereocenters. The van der Waals surface area contributed by atoms with Gasteiger partial charge in [-0.05, 0) is 48.2 Å². The predicted octanol–water partition coefficient (Wildman–Crippen LogP) is 6.45. The van der Waals surface area contributed by atoms with Crippen LogP contribution in [0.2, 0.25) is 0 Å². The lowest BCUT2D eigenvalue weighted by Gasteiger charge is -2.10. The molecule has 0 saturated heterocycles. The fourth-order valence-electron chi connectivity index (χ4n) is 3.44. The topological polar surface area (TPSA) is 26.3 Å². The van der Waals surface area contributed by atoms with Crippen LogP contribution in [0.25, 0.3) is 11.1 Å². The molecule has 1 aliphatic rings. The molecule has 4 rings (SSSR count). The molecule has 3 aromatic rings. The van der Waals surface area contributed by atoms with Crippen LogP contribution in [-0.4, -0.2) is 5.78 Å². The Balaban J connectivity index is 1.61. The standard InChI is InChI=1S/C22H17F3O2S/c1-13-9-17-15(7-8-19(17)26)10-20(13)27-12-16-11-18(14-5-3-2-4-6-14)21(28-16)22(23,24)25/h2-6,9-11H,7-8,12H2,1H3. The third-order valence-corrected chi connectivity index (χ3v) is 5.97. The monoisotopic (exact) mass is 402 g/mol. The Morgan fingerprint density at radius 1 is 1.04 bits per heavy atom. The minimum absolute atomic E-state index is 0.0498. The van der Waals surface area contributed by atoms with Crippen molar-refractivity contribution in [2.24, 2.45) is 0 Å². The molecule has 1 aromatic heterocycles. The Morgan fingerprint density at radius 2 is 1.79 bits per heavy atom. The molecule has 1 heterocycles. The van der Waals surface area contributed by atoms with Crippen LogP contribution in [0.1, 0.15) is 37.7 Å². The van der Waals surface area contributed by atoms with Gasteiger partial charge in [-0.25, -0.2) is 0 Å². The Labute approximate surface area is 164 Å². The molecule has 6 heteroatoms. The van der Waals surface area contributed by atoms with Crippen LogP contribution in [0.5, 0.6) is 5.75 Å². The average molecular weight is 402 g/mol. The van der Waals surface area contributed by atoms with E-state index >= 15 is 0 Å². The second-order valence-electron chi connectivity index (χ2n) is 6.81. The number of benzene rings is 2. The molecule has 2 aromatic carbocycles. The third kappa shape index (κ3) is 3.56. The zero-order valence-electron chi connectivity index (χ0n) is 15.1. The number of hydrogen-bond donors (Lipinski definition) is 0. The van der Waals surface area contributed by atoms with E-state index < -0.39 is 11.1 Å². The smallest absolute Gasteiger partial charge is 0.426 e. The average Bonchev–Trinajstić information content (AvgIpc) is 3.25. The number of hydrogen-bond acceptors (Lipinski definition) is 3. The molecule has 144 valence electrons. The minimum atomic E-state index is -4.42. The highest BCUT2D eigenvalue weighted by Gasteiger charge is 2.36. The first-order chi connectivity index (χ1) is 13.3. The fraction of sp³-hybridized carbons (Fsp3) is 0.227. The Kier molecular flexibility index (Phi) is 4.75. The predicted molar refractivity (Wildman–Crippen MR) is 103 cm³/mol. The normalized spacial score (nSPS) is 13.6. The maximum atomic E-state index is 13.5. The van der Waals surface area contributed by atoms with E-state index in [0.29, 0.717) is 40.4 Å². The number of alkyl halides is 3. The van der Waals surface area contributed by atoms with Crippen LogP contribution >= 0.6 is 11.3 Å². The highest BCUT2D eigenvalue weighted by molar-refractivity contribution is 7.12. The molecular weight excluding hydrogens is 385 g/mol. The van der Waals surface area contributed by atoms with E-state index in [1.807, 2.05) is 19.1 Å². The van der Waals surface area contributed by atoms with E-state index in [1.54, 1.807) is 36.4 Å². The van der Waals surface area contributed by atoms with Gasteiger partial charge in [-0.2, -0.15) is 13.2 Å². The summed E-state index contributed by atoms with van der Waals surface area (Å²) in [7, 11) is 0. The van der Waals surface area contributed by atoms with Crippen LogP contribution in [0, 0.1) is 6.92 Å². The second kappa shape index (κ2) is 7.09. The quantitative estimate of drug-likeness (QED) is 0.501. The van der Waals surface area contributed by atoms with Gasteiger partial charge in [-0.1, -0.05) is 30.3 Å². The second-order valence-corrected chi connectivity index (χ2v) is 7.94. The summed E-state index contributed by atoms with van der Waals surface area (Å²) in [6.45, 7) is 1.89. The number of carbonyl (C=O) groups is 1. The van der Waals surface area contributed by atoms with E-state index in [2.05, 4.69) is 0 Å². The van der Waals surface area contributed by atoms with Crippen molar-refractivity contribution in [2.45, 2.75) is 32.5 Å². The van der Waals surface area contributed by atoms with Crippen LogP contribution in [0.15, 0.2) is 48.5 Å². The van der Waals surface area contributed by atoms with E-state index in [0.717, 1.165) is 16.7 Å². The molecule has 0 amide bonds. The molecule has 0 radical (unpaired) electrons. The zero-order valence-corrected chi connectivity index (χ0v) is 15.9. The van der Waals surface area contributed by atoms with Crippen LogP contribution in [0.4, 0.5) is 13.2 Å². The van der Waals surface area contributed by atoms with Crippen molar-refractivity contribution in [2.75, 3.05) is 0 Å². The van der Waals surface area contributed by atoms with Gasteiger partial charge in [0.25, 0.3) is 0 Å². The molecule has 0 aliphatic heterocycles. The Bertz CT molecular complexity index is 1040. The molecule has 0 fully saturated rings. The fourth-order valence-corrected chi connectivity index (χ4v) is 4.40. The van der Waals surface area contributed by atoms with Gasteiger partial charge in [0.15, 0.2) is 5.78 Å². The van der Waals surface area contributed by atoms with E-state index in [-0.39, 0.29) is 18.0 Å². The highest BCUT2D eigenvalue weighted by Crippen LogP contribution is 2.43. The van der Waals surface area contributed by atoms with Crippen molar-refractivity contribution in [1.29, 1.82) is 0 Å². The number of fused-ring (bicyclic) bond motifs is 1. The summed E-state index contributed by atoms with van der Waals surface area (Å²) in [4.78, 5) is 11.7. The first-order valence-corrected chi connectivity index (χ1v) is 9.69. The number of halogens is 3. The molecule has 28 heavy (non-hydrogen) atoms. The third-order valence-electron chi connectivity index (χ3n) is 4.82. The van der Waals surface area contributed by atoms with Gasteiger partial charge in [-0.3, -0.25) is 4.79 Å². The lowest BCUT2D eigenvalue weighted by atomic mass is 10.1. The Hall–Kier alpha value is -2.60. The maximum Gasteiger partial charge on any atom is 0.426 e. The van der Waals surface area contributed by atoms with Gasteiger partial charge in [0.2, 0.25) is 0 Å². The lowest BCUT2D eigenvalue weighted by Crippen LogP contribution is -2.03. The highest BCUT2D eigenvalue weighted by atomic mass is 32.1. The maximum absolute atomic E-state index is 13.5. The van der Waals surface area contributed by atoms with E-state index in [4.69, 9.17) is 4.74 Å². The van der Waals surface area contributed by atoms with Crippen molar-refractivity contribution in [3.05, 3.63) is 75.0 Å². The van der Waals surface area contributed by atoms with Crippen LogP contribution < -0.4 is 4.74 Å². The number of ether oxygens (including phenoxy) is 1. The summed E-state index contributed by atoms with van der Waals surface area (Å²) >= 11 is 0.708. The molecule has 0 atom stereocenters. The van der Waals surface area contributed by atoms with Gasteiger partial charge in [0.1, 0.15) is 17.2 Å². The largest absolute Gasteiger partial charge is 0.488 e. The molecule has 1 aliphatic carbocycles. The van der Waals surface area contributed by atoms with Crippen molar-refractivity contribution in [1.82, 2.24) is 0 Å². The van der Waals surface area contributed by atoms with Crippen molar-refractivity contribution >= 4 is 17.1 Å². The molecular formula is C22H17F3O2S. The molecule has 0 spiro atoms. The molecule has 0 bridgehead atoms. The number of rotatable bonds is 4. The van der Waals surface area contributed by atoms with Crippen molar-refractivity contribution in [3.8, 4) is 16.9 Å². The Morgan fingerprint density at radius 3 is 2.50 bits per heavy atom. The van der Waals surface area contributed by atoms with Gasteiger partial charge in [0.05, 0.1) is 0 Å². The minimum Gasteiger partial charge on any atom is -0.488 e. The van der Waals surface area contributed by atoms with E-state index in [9.17, 15) is 18.0 Å². The number of aryl methyl sites for hydroxylation is 2. The van der Waals surface area contributed by atoms with Gasteiger partial charge in [0, 0.05) is 22.4 Å². The van der Waals surface area contributed by atoms with Crippen LogP contribution in [0.3, 0.4) is 0 Å². The zero-order chi connectivity index (χ0) is 19.9. The van der Waals surface area contributed by atoms with Gasteiger partial charge >= 0.3 is 6.18 Å². The summed E-state index contributed by atoms with van der Waals surface area (Å²) in [5, 5.41) is 0. The molecule has 0 N–H and O–H groups in total. The summed E-state index contributed by atoms with van der Waals surface area (Å²) in [6, 6.07) is 13.8. The van der Waals surface area contributed by atoms with Crippen molar-refractivity contribution in [3.63, 3.8) is 0 Å². The number of carbonyl (C=O) groups excluding carboxylic acids is 1. The summed E-state index contributed by atoms with van der Waals surface area (Å²) < 4.78 is 46.3. The van der Waals surface area contributed by atoms with Gasteiger partial charge < -0.3 is 4.74 Å². The summed E-state index contributed by atoms with van der Waals surface area (Å²) in [5.41, 5.74) is 3.19. The number of ketones is 1. The number of thiophene rings is 1. The van der Waals surface area contributed by atoms with E-state index in [1.165, 1.54) is 0 Å². The summed E-state index contributed by atoms with van der Waals surface area (Å²) in [5.74, 6) is 0.738. The van der Waals surface area contributed by atoms with Crippen molar-refractivity contribution < 1.29 is 22.7 Å². The first-order valence-electron chi connectivity index (χ1n) is 8.88. The SMILES string of the molecule is Cc1cc2c(cc1OCc1cc(-c3ccccc3)c(C(F)(F)F)s1)CCC2=O.